The zero-order valence-corrected chi connectivity index (χ0v) is 19.0. The molecule has 0 saturated carbocycles. The predicted molar refractivity (Wildman–Crippen MR) is 126 cm³/mol. The number of benzene rings is 3. The van der Waals surface area contributed by atoms with Crippen LogP contribution in [-0.2, 0) is 6.18 Å². The van der Waals surface area contributed by atoms with Gasteiger partial charge >= 0.3 is 6.18 Å². The minimum atomic E-state index is -4.54. The number of hydrogen-bond donors (Lipinski definition) is 3. The third-order valence-electron chi connectivity index (χ3n) is 4.41. The second-order valence-electron chi connectivity index (χ2n) is 6.76. The van der Waals surface area contributed by atoms with Crippen molar-refractivity contribution in [2.45, 2.75) is 6.18 Å². The Morgan fingerprint density at radius 1 is 0.848 bits per heavy atom. The highest BCUT2D eigenvalue weighted by atomic mass is 79.9. The molecule has 0 amide bonds. The first-order chi connectivity index (χ1) is 15.8. The van der Waals surface area contributed by atoms with Crippen LogP contribution in [-0.4, -0.2) is 10.2 Å². The summed E-state index contributed by atoms with van der Waals surface area (Å²) in [5.74, 6) is 0.796. The van der Waals surface area contributed by atoms with Gasteiger partial charge in [0.05, 0.1) is 10.6 Å². The van der Waals surface area contributed by atoms with E-state index in [2.05, 4.69) is 47.0 Å². The third-order valence-corrected chi connectivity index (χ3v) is 5.31. The van der Waals surface area contributed by atoms with E-state index in [0.29, 0.717) is 17.3 Å². The highest BCUT2D eigenvalue weighted by Gasteiger charge is 2.32. The highest BCUT2D eigenvalue weighted by molar-refractivity contribution is 9.10. The van der Waals surface area contributed by atoms with Gasteiger partial charge in [-0.2, -0.15) is 18.3 Å². The van der Waals surface area contributed by atoms with Crippen LogP contribution in [0.2, 0.25) is 5.02 Å². The van der Waals surface area contributed by atoms with E-state index in [-0.39, 0.29) is 15.2 Å². The Labute approximate surface area is 200 Å². The fourth-order valence-corrected chi connectivity index (χ4v) is 3.77. The van der Waals surface area contributed by atoms with Crippen LogP contribution in [0.4, 0.5) is 47.6 Å². The summed E-state index contributed by atoms with van der Waals surface area (Å²) in [4.78, 5) is 0. The molecule has 168 valence electrons. The van der Waals surface area contributed by atoms with Crippen molar-refractivity contribution in [1.29, 1.82) is 0 Å². The number of anilines is 4. The Kier molecular flexibility index (Phi) is 6.66. The average molecular weight is 536 g/mol. The van der Waals surface area contributed by atoms with E-state index in [0.717, 1.165) is 23.5 Å². The molecular formula is C22H15BrClF3N6. The molecule has 33 heavy (non-hydrogen) atoms. The molecule has 0 aliphatic heterocycles. The third kappa shape index (κ3) is 5.52. The largest absolute Gasteiger partial charge is 0.416 e. The summed E-state index contributed by atoms with van der Waals surface area (Å²) in [6, 6.07) is 20.3. The van der Waals surface area contributed by atoms with Gasteiger partial charge in [0.15, 0.2) is 17.3 Å². The predicted octanol–water partition coefficient (Wildman–Crippen LogP) is 8.75. The molecule has 0 fully saturated rings. The number of para-hydroxylation sites is 2. The van der Waals surface area contributed by atoms with E-state index in [9.17, 15) is 13.2 Å². The lowest BCUT2D eigenvalue weighted by Crippen LogP contribution is -2.04. The van der Waals surface area contributed by atoms with E-state index in [1.807, 2.05) is 60.7 Å². The van der Waals surface area contributed by atoms with Gasteiger partial charge in [0.25, 0.3) is 0 Å². The molecule has 6 nitrogen and oxygen atoms in total. The molecule has 1 aromatic heterocycles. The van der Waals surface area contributed by atoms with Crippen molar-refractivity contribution in [1.82, 2.24) is 10.2 Å². The monoisotopic (exact) mass is 534 g/mol. The zero-order valence-electron chi connectivity index (χ0n) is 16.7. The quantitative estimate of drug-likeness (QED) is 0.216. The maximum atomic E-state index is 13.0. The van der Waals surface area contributed by atoms with Crippen molar-refractivity contribution in [3.8, 4) is 0 Å². The minimum Gasteiger partial charge on any atom is -0.339 e. The lowest BCUT2D eigenvalue weighted by atomic mass is 10.2. The molecule has 4 rings (SSSR count). The minimum absolute atomic E-state index is 0.0576. The van der Waals surface area contributed by atoms with Crippen molar-refractivity contribution in [3.05, 3.63) is 87.9 Å². The van der Waals surface area contributed by atoms with Gasteiger partial charge < -0.3 is 10.6 Å². The van der Waals surface area contributed by atoms with E-state index in [1.54, 1.807) is 0 Å². The fourth-order valence-electron chi connectivity index (χ4n) is 2.86. The number of halogens is 5. The van der Waals surface area contributed by atoms with Gasteiger partial charge in [0.1, 0.15) is 5.69 Å². The molecule has 11 heteroatoms. The maximum absolute atomic E-state index is 13.0. The van der Waals surface area contributed by atoms with Crippen molar-refractivity contribution in [2.75, 3.05) is 10.6 Å². The number of alkyl halides is 3. The summed E-state index contributed by atoms with van der Waals surface area (Å²) in [6.45, 7) is 0. The molecule has 1 heterocycles. The number of rotatable bonds is 6. The van der Waals surface area contributed by atoms with Gasteiger partial charge in [-0.25, -0.2) is 0 Å². The molecule has 0 unspecified atom stereocenters. The van der Waals surface area contributed by atoms with Crippen molar-refractivity contribution in [3.63, 3.8) is 0 Å². The first-order valence-electron chi connectivity index (χ1n) is 9.52. The maximum Gasteiger partial charge on any atom is 0.416 e. The van der Waals surface area contributed by atoms with E-state index >= 15 is 0 Å². The number of aromatic nitrogens is 2. The second-order valence-corrected chi connectivity index (χ2v) is 8.03. The van der Waals surface area contributed by atoms with E-state index in [1.165, 1.54) is 0 Å². The average Bonchev–Trinajstić information content (AvgIpc) is 3.15. The summed E-state index contributed by atoms with van der Waals surface area (Å²) in [5.41, 5.74) is 1.02. The number of aromatic amines is 1. The number of nitrogens with one attached hydrogen (secondary N) is 3. The van der Waals surface area contributed by atoms with Gasteiger partial charge in [-0.15, -0.1) is 10.2 Å². The molecule has 3 N–H and O–H groups in total. The summed E-state index contributed by atoms with van der Waals surface area (Å²) in [5, 5.41) is 21.6. The Morgan fingerprint density at radius 3 is 2.00 bits per heavy atom. The summed E-state index contributed by atoms with van der Waals surface area (Å²) in [6.07, 6.45) is -4.54. The smallest absolute Gasteiger partial charge is 0.339 e. The SMILES string of the molecule is FC(F)(F)c1cc(Cl)c(N=Nc2c(Nc3ccccc3)n[nH]c2Nc2ccccc2)c(Br)c1. The zero-order chi connectivity index (χ0) is 23.4. The van der Waals surface area contributed by atoms with Crippen LogP contribution in [0.5, 0.6) is 0 Å². The van der Waals surface area contributed by atoms with Crippen LogP contribution < -0.4 is 10.6 Å². The van der Waals surface area contributed by atoms with Gasteiger partial charge in [0, 0.05) is 15.8 Å². The summed E-state index contributed by atoms with van der Waals surface area (Å²) >= 11 is 9.19. The first kappa shape index (κ1) is 22.8. The Balaban J connectivity index is 1.72. The topological polar surface area (TPSA) is 77.5 Å². The van der Waals surface area contributed by atoms with Crippen molar-refractivity contribution in [2.24, 2.45) is 10.2 Å². The van der Waals surface area contributed by atoms with Crippen LogP contribution in [0.3, 0.4) is 0 Å². The van der Waals surface area contributed by atoms with Crippen LogP contribution in [0.1, 0.15) is 5.56 Å². The van der Waals surface area contributed by atoms with Crippen LogP contribution >= 0.6 is 27.5 Å². The van der Waals surface area contributed by atoms with Gasteiger partial charge in [-0.1, -0.05) is 48.0 Å². The normalized spacial score (nSPS) is 11.7. The molecule has 0 radical (unpaired) electrons. The molecule has 4 aromatic rings. The number of H-pyrrole nitrogens is 1. The van der Waals surface area contributed by atoms with Crippen molar-refractivity contribution < 1.29 is 13.2 Å². The van der Waals surface area contributed by atoms with Gasteiger partial charge in [-0.05, 0) is 52.3 Å². The fraction of sp³-hybridized carbons (Fsp3) is 0.0455. The Morgan fingerprint density at radius 2 is 1.42 bits per heavy atom. The lowest BCUT2D eigenvalue weighted by Gasteiger charge is -2.10. The van der Waals surface area contributed by atoms with Crippen LogP contribution in [0.25, 0.3) is 0 Å². The van der Waals surface area contributed by atoms with Crippen molar-refractivity contribution >= 4 is 61.9 Å². The molecular weight excluding hydrogens is 521 g/mol. The molecule has 0 atom stereocenters. The number of hydrogen-bond acceptors (Lipinski definition) is 5. The second kappa shape index (κ2) is 9.63. The first-order valence-corrected chi connectivity index (χ1v) is 10.7. The summed E-state index contributed by atoms with van der Waals surface area (Å²) in [7, 11) is 0. The highest BCUT2D eigenvalue weighted by Crippen LogP contribution is 2.42. The lowest BCUT2D eigenvalue weighted by molar-refractivity contribution is -0.137. The standard InChI is InChI=1S/C22H15BrClF3N6/c23-16-11-13(22(25,26)27)12-17(24)18(16)30-31-19-20(28-14-7-3-1-4-8-14)32-33-21(19)29-15-9-5-2-6-10-15/h1-12H,(H3,28,29,32,33). The number of nitrogens with zero attached hydrogens (tertiary/aromatic N) is 3. The Bertz CT molecular complexity index is 1190. The Hall–Kier alpha value is -3.37. The van der Waals surface area contributed by atoms with Crippen LogP contribution in [0, 0.1) is 0 Å². The molecule has 0 aliphatic carbocycles. The molecule has 3 aromatic carbocycles. The van der Waals surface area contributed by atoms with Crippen LogP contribution in [0.15, 0.2) is 87.5 Å². The van der Waals surface area contributed by atoms with E-state index < -0.39 is 11.7 Å². The molecule has 0 bridgehead atoms. The van der Waals surface area contributed by atoms with Gasteiger partial charge in [-0.3, -0.25) is 5.10 Å². The molecule has 0 saturated heterocycles. The van der Waals surface area contributed by atoms with Gasteiger partial charge in [0.2, 0.25) is 0 Å². The van der Waals surface area contributed by atoms with E-state index in [4.69, 9.17) is 11.6 Å². The number of azo groups is 1. The molecule has 0 aliphatic rings. The molecule has 0 spiro atoms. The summed E-state index contributed by atoms with van der Waals surface area (Å²) < 4.78 is 39.2.